The first-order chi connectivity index (χ1) is 18.1. The highest BCUT2D eigenvalue weighted by Crippen LogP contribution is 2.51. The Balaban J connectivity index is 1.30. The first-order valence-corrected chi connectivity index (χ1v) is 12.7. The molecule has 0 aromatic carbocycles. The van der Waals surface area contributed by atoms with Crippen LogP contribution in [0.2, 0.25) is 0 Å². The number of hydrogen-bond donors (Lipinski definition) is 2. The number of aromatic nitrogens is 7. The monoisotopic (exact) mass is 533 g/mol. The van der Waals surface area contributed by atoms with Crippen LogP contribution in [0.3, 0.4) is 0 Å². The van der Waals surface area contributed by atoms with E-state index in [2.05, 4.69) is 31.1 Å². The zero-order chi connectivity index (χ0) is 27.0. The molecule has 2 fully saturated rings. The predicted molar refractivity (Wildman–Crippen MR) is 129 cm³/mol. The van der Waals surface area contributed by atoms with Crippen molar-refractivity contribution < 1.29 is 22.8 Å². The Labute approximate surface area is 216 Å². The fraction of sp³-hybridized carbons (Fsp3) is 0.583. The van der Waals surface area contributed by atoms with E-state index < -0.39 is 18.8 Å². The molecule has 2 aliphatic carbocycles. The average molecular weight is 534 g/mol. The minimum Gasteiger partial charge on any atom is -0.339 e. The van der Waals surface area contributed by atoms with E-state index in [9.17, 15) is 22.8 Å². The van der Waals surface area contributed by atoms with Crippen molar-refractivity contribution in [2.75, 3.05) is 5.32 Å². The SMILES string of the molecule is CC(C)n1nccc1C(=O)N[C@H](C(=O)Nc1cnn(Cc2cnnn2CC(F)(F)F)c1)C(C1CC1)C1CC1. The van der Waals surface area contributed by atoms with Crippen LogP contribution in [-0.2, 0) is 17.9 Å². The lowest BCUT2D eigenvalue weighted by molar-refractivity contribution is -0.143. The molecular weight excluding hydrogens is 503 g/mol. The van der Waals surface area contributed by atoms with Gasteiger partial charge in [-0.15, -0.1) is 5.10 Å². The second-order valence-corrected chi connectivity index (χ2v) is 10.4. The van der Waals surface area contributed by atoms with Crippen LogP contribution in [0.1, 0.15) is 61.8 Å². The zero-order valence-corrected chi connectivity index (χ0v) is 21.1. The fourth-order valence-corrected chi connectivity index (χ4v) is 4.95. The van der Waals surface area contributed by atoms with Gasteiger partial charge in [-0.1, -0.05) is 5.21 Å². The predicted octanol–water partition coefficient (Wildman–Crippen LogP) is 3.04. The molecule has 3 aromatic rings. The van der Waals surface area contributed by atoms with Gasteiger partial charge in [-0.05, 0) is 63.4 Å². The lowest BCUT2D eigenvalue weighted by atomic mass is 9.88. The summed E-state index contributed by atoms with van der Waals surface area (Å²) in [6, 6.07) is 0.878. The lowest BCUT2D eigenvalue weighted by Gasteiger charge is -2.27. The first-order valence-electron chi connectivity index (χ1n) is 12.7. The molecule has 3 heterocycles. The molecule has 2 aliphatic rings. The number of nitrogens with zero attached hydrogens (tertiary/aromatic N) is 7. The molecule has 5 rings (SSSR count). The number of alkyl halides is 3. The van der Waals surface area contributed by atoms with Crippen LogP contribution in [0.4, 0.5) is 18.9 Å². The van der Waals surface area contributed by atoms with Crippen molar-refractivity contribution in [3.63, 3.8) is 0 Å². The van der Waals surface area contributed by atoms with Crippen molar-refractivity contribution in [3.8, 4) is 0 Å². The molecule has 0 aliphatic heterocycles. The van der Waals surface area contributed by atoms with E-state index in [1.54, 1.807) is 16.9 Å². The number of anilines is 1. The van der Waals surface area contributed by atoms with Crippen molar-refractivity contribution in [2.45, 2.75) is 70.9 Å². The molecule has 11 nitrogen and oxygen atoms in total. The molecule has 0 unspecified atom stereocenters. The van der Waals surface area contributed by atoms with Crippen LogP contribution in [0.15, 0.2) is 30.9 Å². The zero-order valence-electron chi connectivity index (χ0n) is 21.1. The molecule has 2 N–H and O–H groups in total. The van der Waals surface area contributed by atoms with Gasteiger partial charge in [-0.25, -0.2) is 4.68 Å². The normalized spacial score (nSPS) is 16.7. The summed E-state index contributed by atoms with van der Waals surface area (Å²) in [5.74, 6) is 0.104. The third-order valence-electron chi connectivity index (χ3n) is 6.93. The third-order valence-corrected chi connectivity index (χ3v) is 6.93. The van der Waals surface area contributed by atoms with Gasteiger partial charge >= 0.3 is 6.18 Å². The summed E-state index contributed by atoms with van der Waals surface area (Å²) in [6.07, 6.45) is 5.44. The van der Waals surface area contributed by atoms with Crippen molar-refractivity contribution in [2.24, 2.45) is 17.8 Å². The molecule has 2 saturated carbocycles. The summed E-state index contributed by atoms with van der Waals surface area (Å²) in [5.41, 5.74) is 0.986. The van der Waals surface area contributed by atoms with Gasteiger partial charge < -0.3 is 10.6 Å². The molecule has 3 aromatic heterocycles. The second-order valence-electron chi connectivity index (χ2n) is 10.4. The van der Waals surface area contributed by atoms with Gasteiger partial charge in [-0.2, -0.15) is 23.4 Å². The van der Waals surface area contributed by atoms with Crippen LogP contribution >= 0.6 is 0 Å². The van der Waals surface area contributed by atoms with Crippen LogP contribution in [-0.4, -0.2) is 58.6 Å². The topological polar surface area (TPSA) is 125 Å². The number of nitrogens with one attached hydrogen (secondary N) is 2. The van der Waals surface area contributed by atoms with E-state index in [0.717, 1.165) is 30.4 Å². The van der Waals surface area contributed by atoms with E-state index in [1.165, 1.54) is 23.3 Å². The Bertz CT molecular complexity index is 1280. The number of halogens is 3. The van der Waals surface area contributed by atoms with Crippen molar-refractivity contribution in [3.05, 3.63) is 42.2 Å². The Morgan fingerprint density at radius 1 is 1.11 bits per heavy atom. The van der Waals surface area contributed by atoms with Gasteiger partial charge in [0.2, 0.25) is 5.91 Å². The van der Waals surface area contributed by atoms with Gasteiger partial charge in [0.05, 0.1) is 30.3 Å². The van der Waals surface area contributed by atoms with E-state index in [0.29, 0.717) is 23.2 Å². The molecule has 0 radical (unpaired) electrons. The van der Waals surface area contributed by atoms with E-state index >= 15 is 0 Å². The van der Waals surface area contributed by atoms with Crippen molar-refractivity contribution >= 4 is 17.5 Å². The van der Waals surface area contributed by atoms with Gasteiger partial charge in [-0.3, -0.25) is 19.0 Å². The van der Waals surface area contributed by atoms with Gasteiger partial charge in [0.15, 0.2) is 0 Å². The van der Waals surface area contributed by atoms with Crippen molar-refractivity contribution in [1.29, 1.82) is 0 Å². The Morgan fingerprint density at radius 3 is 2.45 bits per heavy atom. The first kappa shape index (κ1) is 25.9. The van der Waals surface area contributed by atoms with Gasteiger partial charge in [0.25, 0.3) is 5.91 Å². The quantitative estimate of drug-likeness (QED) is 0.391. The summed E-state index contributed by atoms with van der Waals surface area (Å²) >= 11 is 0. The van der Waals surface area contributed by atoms with E-state index in [-0.39, 0.29) is 36.0 Å². The highest BCUT2D eigenvalue weighted by atomic mass is 19.4. The van der Waals surface area contributed by atoms with E-state index in [1.807, 2.05) is 13.8 Å². The maximum Gasteiger partial charge on any atom is 0.408 e. The molecule has 204 valence electrons. The summed E-state index contributed by atoms with van der Waals surface area (Å²) in [6.45, 7) is 2.59. The van der Waals surface area contributed by atoms with E-state index in [4.69, 9.17) is 0 Å². The minimum atomic E-state index is -4.43. The highest BCUT2D eigenvalue weighted by Gasteiger charge is 2.48. The Morgan fingerprint density at radius 2 is 1.82 bits per heavy atom. The lowest BCUT2D eigenvalue weighted by Crippen LogP contribution is -2.50. The molecule has 38 heavy (non-hydrogen) atoms. The minimum absolute atomic E-state index is 0.00885. The van der Waals surface area contributed by atoms with Gasteiger partial charge in [0, 0.05) is 18.4 Å². The maximum atomic E-state index is 13.5. The van der Waals surface area contributed by atoms with Crippen LogP contribution < -0.4 is 10.6 Å². The molecule has 2 amide bonds. The van der Waals surface area contributed by atoms with Crippen molar-refractivity contribution in [1.82, 2.24) is 39.9 Å². The summed E-state index contributed by atoms with van der Waals surface area (Å²) in [5, 5.41) is 21.3. The standard InChI is InChI=1S/C24H30F3N9O2/c1-14(2)36-19(7-8-29-36)22(37)32-21(20(15-3-4-15)16-5-6-16)23(38)31-17-9-30-34(11-17)12-18-10-28-33-35(18)13-24(25,26)27/h7-11,14-16,20-21H,3-6,12-13H2,1-2H3,(H,31,38)(H,32,37)/t21-/m0/s1. The summed E-state index contributed by atoms with van der Waals surface area (Å²) < 4.78 is 42.2. The molecule has 0 spiro atoms. The molecule has 14 heteroatoms. The smallest absolute Gasteiger partial charge is 0.339 e. The maximum absolute atomic E-state index is 13.5. The average Bonchev–Trinajstić information content (AvgIpc) is 3.71. The van der Waals surface area contributed by atoms with Crippen LogP contribution in [0.5, 0.6) is 0 Å². The molecule has 0 bridgehead atoms. The fourth-order valence-electron chi connectivity index (χ4n) is 4.95. The Kier molecular flexibility index (Phi) is 6.97. The highest BCUT2D eigenvalue weighted by molar-refractivity contribution is 6.00. The molecule has 1 atom stereocenters. The number of carbonyl (C=O) groups is 2. The number of hydrogen-bond acceptors (Lipinski definition) is 6. The molecule has 0 saturated heterocycles. The van der Waals surface area contributed by atoms with Gasteiger partial charge in [0.1, 0.15) is 18.3 Å². The summed E-state index contributed by atoms with van der Waals surface area (Å²) in [7, 11) is 0. The number of amides is 2. The molecular formula is C24H30F3N9O2. The number of carbonyl (C=O) groups excluding carboxylic acids is 2. The number of rotatable bonds is 11. The Hall–Kier alpha value is -3.71. The summed E-state index contributed by atoms with van der Waals surface area (Å²) in [4.78, 5) is 26.8. The second kappa shape index (κ2) is 10.2. The third kappa shape index (κ3) is 6.05. The van der Waals surface area contributed by atoms with Crippen LogP contribution in [0, 0.1) is 17.8 Å². The largest absolute Gasteiger partial charge is 0.408 e. The van der Waals surface area contributed by atoms with Crippen LogP contribution in [0.25, 0.3) is 0 Å².